The molecule has 0 unspecified atom stereocenters. The van der Waals surface area contributed by atoms with Gasteiger partial charge < -0.3 is 14.2 Å². The molecule has 1 aromatic heterocycles. The predicted octanol–water partition coefficient (Wildman–Crippen LogP) is 4.01. The van der Waals surface area contributed by atoms with Gasteiger partial charge in [0.1, 0.15) is 23.5 Å². The monoisotopic (exact) mass is 468 g/mol. The lowest BCUT2D eigenvalue weighted by Crippen LogP contribution is -2.54. The minimum atomic E-state index is -5.35. The van der Waals surface area contributed by atoms with Crippen LogP contribution in [0, 0.1) is 0 Å². The van der Waals surface area contributed by atoms with Gasteiger partial charge in [-0.25, -0.2) is 14.4 Å². The molecule has 1 aliphatic heterocycles. The van der Waals surface area contributed by atoms with Gasteiger partial charge in [0.2, 0.25) is 0 Å². The Labute approximate surface area is 187 Å². The second-order valence-corrected chi connectivity index (χ2v) is 8.54. The van der Waals surface area contributed by atoms with Gasteiger partial charge in [0.15, 0.2) is 0 Å². The fraction of sp³-hybridized carbons (Fsp3) is 0.455. The molecule has 0 radical (unpaired) electrons. The standard InChI is InChI=1S/C22H23F3N2O6/c1-21(2,3)33-20(30)27-9-7-16(11-17(27)18(28)32-19(29)22(23,24)25)31-15-5-4-14-12-26-8-6-13(14)10-15/h4-6,8,10,12,16-17H,7,9,11H2,1-3H3/t16-,17-/m1/s1. The molecule has 0 saturated carbocycles. The Bertz CT molecular complexity index is 1050. The molecule has 8 nitrogen and oxygen atoms in total. The van der Waals surface area contributed by atoms with E-state index in [1.54, 1.807) is 57.4 Å². The van der Waals surface area contributed by atoms with Crippen molar-refractivity contribution < 1.29 is 41.8 Å². The number of likely N-dealkylation sites (tertiary alicyclic amines) is 1. The summed E-state index contributed by atoms with van der Waals surface area (Å²) >= 11 is 0. The van der Waals surface area contributed by atoms with Crippen LogP contribution >= 0.6 is 0 Å². The van der Waals surface area contributed by atoms with Crippen LogP contribution in [0.4, 0.5) is 18.0 Å². The number of ether oxygens (including phenoxy) is 3. The summed E-state index contributed by atoms with van der Waals surface area (Å²) in [6.07, 6.45) is -3.47. The van der Waals surface area contributed by atoms with E-state index in [0.29, 0.717) is 5.75 Å². The Morgan fingerprint density at radius 3 is 2.48 bits per heavy atom. The maximum atomic E-state index is 12.6. The van der Waals surface area contributed by atoms with E-state index in [-0.39, 0.29) is 19.4 Å². The highest BCUT2D eigenvalue weighted by Crippen LogP contribution is 2.28. The number of alkyl halides is 3. The lowest BCUT2D eigenvalue weighted by molar-refractivity contribution is -0.203. The summed E-state index contributed by atoms with van der Waals surface area (Å²) in [5, 5.41) is 1.75. The average molecular weight is 468 g/mol. The minimum Gasteiger partial charge on any atom is -0.490 e. The number of pyridine rings is 1. The molecule has 1 fully saturated rings. The van der Waals surface area contributed by atoms with Crippen LogP contribution in [0.2, 0.25) is 0 Å². The summed E-state index contributed by atoms with van der Waals surface area (Å²) in [5.74, 6) is -3.67. The molecule has 1 aliphatic rings. The number of carbonyl (C=O) groups is 3. The number of nitrogens with zero attached hydrogens (tertiary/aromatic N) is 2. The third-order valence-electron chi connectivity index (χ3n) is 4.79. The molecule has 3 rings (SSSR count). The first-order valence-electron chi connectivity index (χ1n) is 10.2. The first-order chi connectivity index (χ1) is 15.3. The summed E-state index contributed by atoms with van der Waals surface area (Å²) in [4.78, 5) is 41.2. The van der Waals surface area contributed by atoms with Crippen molar-refractivity contribution in [2.24, 2.45) is 0 Å². The third kappa shape index (κ3) is 6.33. The summed E-state index contributed by atoms with van der Waals surface area (Å²) in [6, 6.07) is 5.55. The van der Waals surface area contributed by atoms with E-state index in [0.717, 1.165) is 15.7 Å². The van der Waals surface area contributed by atoms with Crippen LogP contribution in [0.1, 0.15) is 33.6 Å². The largest absolute Gasteiger partial charge is 0.491 e. The summed E-state index contributed by atoms with van der Waals surface area (Å²) in [6.45, 7) is 4.78. The van der Waals surface area contributed by atoms with Crippen molar-refractivity contribution in [1.82, 2.24) is 9.88 Å². The molecule has 1 saturated heterocycles. The van der Waals surface area contributed by atoms with Crippen LogP contribution in [0.5, 0.6) is 5.75 Å². The fourth-order valence-electron chi connectivity index (χ4n) is 3.35. The predicted molar refractivity (Wildman–Crippen MR) is 109 cm³/mol. The topological polar surface area (TPSA) is 95.0 Å². The van der Waals surface area contributed by atoms with Gasteiger partial charge in [-0.1, -0.05) is 0 Å². The molecule has 0 spiro atoms. The second kappa shape index (κ2) is 9.24. The highest BCUT2D eigenvalue weighted by atomic mass is 19.4. The zero-order valence-corrected chi connectivity index (χ0v) is 18.2. The number of aromatic nitrogens is 1. The van der Waals surface area contributed by atoms with E-state index < -0.39 is 42.0 Å². The number of hydrogen-bond donors (Lipinski definition) is 0. The Morgan fingerprint density at radius 2 is 1.82 bits per heavy atom. The van der Waals surface area contributed by atoms with Crippen LogP contribution < -0.4 is 4.74 Å². The van der Waals surface area contributed by atoms with E-state index in [9.17, 15) is 27.6 Å². The normalized spacial score (nSPS) is 19.2. The van der Waals surface area contributed by atoms with E-state index >= 15 is 0 Å². The molecule has 178 valence electrons. The van der Waals surface area contributed by atoms with Gasteiger partial charge in [-0.05, 0) is 50.4 Å². The fourth-order valence-corrected chi connectivity index (χ4v) is 3.35. The van der Waals surface area contributed by atoms with Gasteiger partial charge in [0, 0.05) is 37.2 Å². The van der Waals surface area contributed by atoms with Gasteiger partial charge in [0.05, 0.1) is 0 Å². The number of benzene rings is 1. The van der Waals surface area contributed by atoms with Crippen molar-refractivity contribution in [1.29, 1.82) is 0 Å². The second-order valence-electron chi connectivity index (χ2n) is 8.54. The number of rotatable bonds is 3. The number of halogens is 3. The molecule has 2 atom stereocenters. The van der Waals surface area contributed by atoms with E-state index in [4.69, 9.17) is 9.47 Å². The average Bonchev–Trinajstić information content (AvgIpc) is 2.71. The lowest BCUT2D eigenvalue weighted by Gasteiger charge is -2.38. The summed E-state index contributed by atoms with van der Waals surface area (Å²) < 4.78 is 53.0. The first-order valence-corrected chi connectivity index (χ1v) is 10.2. The number of carbonyl (C=O) groups excluding carboxylic acids is 3. The molecular formula is C22H23F3N2O6. The smallest absolute Gasteiger partial charge is 0.490 e. The van der Waals surface area contributed by atoms with Crippen molar-refractivity contribution in [2.45, 2.75) is 57.5 Å². The number of hydrogen-bond acceptors (Lipinski definition) is 7. The third-order valence-corrected chi connectivity index (χ3v) is 4.79. The number of esters is 2. The van der Waals surface area contributed by atoms with Crippen molar-refractivity contribution in [2.75, 3.05) is 6.54 Å². The van der Waals surface area contributed by atoms with E-state index in [1.807, 2.05) is 0 Å². The van der Waals surface area contributed by atoms with Gasteiger partial charge in [0.25, 0.3) is 0 Å². The quantitative estimate of drug-likeness (QED) is 0.496. The van der Waals surface area contributed by atoms with Gasteiger partial charge in [-0.15, -0.1) is 0 Å². The van der Waals surface area contributed by atoms with Crippen molar-refractivity contribution >= 4 is 28.8 Å². The SMILES string of the molecule is CC(C)(C)OC(=O)N1CC[C@@H](Oc2ccc3cnccc3c2)C[C@@H]1C(=O)OC(=O)C(F)(F)F. The molecule has 33 heavy (non-hydrogen) atoms. The summed E-state index contributed by atoms with van der Waals surface area (Å²) in [5.41, 5.74) is -0.902. The molecule has 11 heteroatoms. The zero-order chi connectivity index (χ0) is 24.4. The Morgan fingerprint density at radius 1 is 1.09 bits per heavy atom. The Balaban J connectivity index is 1.78. The van der Waals surface area contributed by atoms with Crippen LogP contribution in [-0.4, -0.2) is 58.4 Å². The molecular weight excluding hydrogens is 445 g/mol. The van der Waals surface area contributed by atoms with E-state index in [1.165, 1.54) is 0 Å². The molecule has 0 aliphatic carbocycles. The lowest BCUT2D eigenvalue weighted by atomic mass is 9.99. The van der Waals surface area contributed by atoms with Crippen LogP contribution in [0.3, 0.4) is 0 Å². The number of amides is 1. The Hall–Kier alpha value is -3.37. The Kier molecular flexibility index (Phi) is 6.80. The molecule has 0 N–H and O–H groups in total. The minimum absolute atomic E-state index is 0.0446. The molecule has 1 aromatic carbocycles. The first kappa shape index (κ1) is 24.3. The van der Waals surface area contributed by atoms with E-state index in [2.05, 4.69) is 9.72 Å². The van der Waals surface area contributed by atoms with Gasteiger partial charge in [-0.2, -0.15) is 13.2 Å². The summed E-state index contributed by atoms with van der Waals surface area (Å²) in [7, 11) is 0. The molecule has 1 amide bonds. The van der Waals surface area contributed by atoms with Crippen LogP contribution in [0.25, 0.3) is 10.8 Å². The molecule has 0 bridgehead atoms. The van der Waals surface area contributed by atoms with Crippen LogP contribution in [-0.2, 0) is 19.1 Å². The zero-order valence-electron chi connectivity index (χ0n) is 18.2. The van der Waals surface area contributed by atoms with Crippen molar-refractivity contribution in [3.63, 3.8) is 0 Å². The molecule has 2 aromatic rings. The maximum Gasteiger partial charge on any atom is 0.491 e. The van der Waals surface area contributed by atoms with Crippen molar-refractivity contribution in [3.05, 3.63) is 36.7 Å². The number of piperidine rings is 1. The van der Waals surface area contributed by atoms with Gasteiger partial charge in [-0.3, -0.25) is 9.88 Å². The van der Waals surface area contributed by atoms with Crippen LogP contribution in [0.15, 0.2) is 36.7 Å². The highest BCUT2D eigenvalue weighted by molar-refractivity contribution is 5.92. The van der Waals surface area contributed by atoms with Crippen molar-refractivity contribution in [3.8, 4) is 5.75 Å². The molecule has 2 heterocycles. The van der Waals surface area contributed by atoms with Gasteiger partial charge >= 0.3 is 24.2 Å². The maximum absolute atomic E-state index is 12.6. The highest BCUT2D eigenvalue weighted by Gasteiger charge is 2.46. The number of fused-ring (bicyclic) bond motifs is 1.